The molecule has 174 valence electrons. The summed E-state index contributed by atoms with van der Waals surface area (Å²) in [5, 5.41) is 12.5. The van der Waals surface area contributed by atoms with Crippen LogP contribution in [0.2, 0.25) is 0 Å². The molecule has 1 aromatic heterocycles. The Balaban J connectivity index is 1.48. The molecule has 0 radical (unpaired) electrons. The first-order valence-corrected chi connectivity index (χ1v) is 12.7. The van der Waals surface area contributed by atoms with Crippen LogP contribution in [0, 0.1) is 17.7 Å². The molecule has 3 atom stereocenters. The van der Waals surface area contributed by atoms with E-state index in [2.05, 4.69) is 41.5 Å². The van der Waals surface area contributed by atoms with Crippen LogP contribution in [0.1, 0.15) is 38.7 Å². The van der Waals surface area contributed by atoms with E-state index >= 15 is 0 Å². The van der Waals surface area contributed by atoms with Crippen molar-refractivity contribution in [3.8, 4) is 11.4 Å². The van der Waals surface area contributed by atoms with Crippen molar-refractivity contribution in [3.63, 3.8) is 0 Å². The van der Waals surface area contributed by atoms with Crippen molar-refractivity contribution in [2.24, 2.45) is 11.8 Å². The van der Waals surface area contributed by atoms with Gasteiger partial charge in [0.05, 0.1) is 11.3 Å². The highest BCUT2D eigenvalue weighted by atomic mass is 32.2. The van der Waals surface area contributed by atoms with Gasteiger partial charge in [-0.25, -0.2) is 4.39 Å². The van der Waals surface area contributed by atoms with E-state index in [4.69, 9.17) is 0 Å². The second-order valence-corrected chi connectivity index (χ2v) is 9.85. The standard InChI is InChI=1S/C26H31FN4OS/c1-18-9-8-14-23(19(18)2)28-24(32)17-33-26-30-29-25(21-12-6-7-13-22(21)27)31(26)16-15-20-10-4-3-5-11-20/h3-7,10-13,18-19,23H,8-9,14-17H2,1-2H3,(H,28,32)/t18-,19-,23-/m1/s1. The van der Waals surface area contributed by atoms with Crippen molar-refractivity contribution in [1.29, 1.82) is 0 Å². The highest BCUT2D eigenvalue weighted by Gasteiger charge is 2.28. The average molecular weight is 467 g/mol. The van der Waals surface area contributed by atoms with Crippen molar-refractivity contribution in [3.05, 3.63) is 66.0 Å². The quantitative estimate of drug-likeness (QED) is 0.454. The molecule has 4 rings (SSSR count). The second kappa shape index (κ2) is 11.0. The van der Waals surface area contributed by atoms with Gasteiger partial charge in [-0.3, -0.25) is 4.79 Å². The smallest absolute Gasteiger partial charge is 0.230 e. The molecule has 1 N–H and O–H groups in total. The van der Waals surface area contributed by atoms with E-state index in [-0.39, 0.29) is 23.5 Å². The van der Waals surface area contributed by atoms with Crippen molar-refractivity contribution < 1.29 is 9.18 Å². The molecule has 7 heteroatoms. The van der Waals surface area contributed by atoms with Gasteiger partial charge in [0.25, 0.3) is 0 Å². The lowest BCUT2D eigenvalue weighted by atomic mass is 9.78. The molecular formula is C26H31FN4OS. The number of nitrogens with zero attached hydrogens (tertiary/aromatic N) is 3. The zero-order valence-corrected chi connectivity index (χ0v) is 20.0. The van der Waals surface area contributed by atoms with Gasteiger partial charge < -0.3 is 9.88 Å². The fraction of sp³-hybridized carbons (Fsp3) is 0.423. The van der Waals surface area contributed by atoms with Gasteiger partial charge in [0, 0.05) is 12.6 Å². The molecule has 1 fully saturated rings. The van der Waals surface area contributed by atoms with Gasteiger partial charge in [-0.15, -0.1) is 10.2 Å². The monoisotopic (exact) mass is 466 g/mol. The Hall–Kier alpha value is -2.67. The Bertz CT molecular complexity index is 1070. The van der Waals surface area contributed by atoms with Crippen LogP contribution in [-0.2, 0) is 17.8 Å². The maximum absolute atomic E-state index is 14.5. The van der Waals surface area contributed by atoms with E-state index in [0.29, 0.717) is 34.9 Å². The van der Waals surface area contributed by atoms with Gasteiger partial charge in [-0.2, -0.15) is 0 Å². The fourth-order valence-electron chi connectivity index (χ4n) is 4.49. The molecule has 2 aromatic carbocycles. The lowest BCUT2D eigenvalue weighted by Gasteiger charge is -2.34. The van der Waals surface area contributed by atoms with Crippen molar-refractivity contribution >= 4 is 17.7 Å². The number of hydrogen-bond acceptors (Lipinski definition) is 4. The molecule has 0 aliphatic heterocycles. The third kappa shape index (κ3) is 5.82. The molecule has 1 amide bonds. The predicted molar refractivity (Wildman–Crippen MR) is 130 cm³/mol. The SMILES string of the molecule is C[C@@H]1[C@H](C)CCC[C@H]1NC(=O)CSc1nnc(-c2ccccc2F)n1CCc1ccccc1. The van der Waals surface area contributed by atoms with Crippen molar-refractivity contribution in [2.45, 2.75) is 57.3 Å². The highest BCUT2D eigenvalue weighted by Crippen LogP contribution is 2.30. The number of halogens is 1. The first-order chi connectivity index (χ1) is 16.0. The van der Waals surface area contributed by atoms with Crippen LogP contribution in [-0.4, -0.2) is 32.5 Å². The molecule has 0 bridgehead atoms. The number of aryl methyl sites for hydroxylation is 1. The van der Waals surface area contributed by atoms with E-state index < -0.39 is 0 Å². The molecule has 1 heterocycles. The Morgan fingerprint density at radius 3 is 2.64 bits per heavy atom. The summed E-state index contributed by atoms with van der Waals surface area (Å²) < 4.78 is 16.4. The van der Waals surface area contributed by atoms with E-state index in [1.54, 1.807) is 18.2 Å². The summed E-state index contributed by atoms with van der Waals surface area (Å²) >= 11 is 1.36. The molecule has 1 aliphatic carbocycles. The van der Waals surface area contributed by atoms with Crippen molar-refractivity contribution in [2.75, 3.05) is 5.75 Å². The maximum Gasteiger partial charge on any atom is 0.230 e. The van der Waals surface area contributed by atoms with Crippen LogP contribution < -0.4 is 5.32 Å². The number of amides is 1. The van der Waals surface area contributed by atoms with E-state index in [9.17, 15) is 9.18 Å². The third-order valence-electron chi connectivity index (χ3n) is 6.68. The minimum absolute atomic E-state index is 0.0102. The summed E-state index contributed by atoms with van der Waals surface area (Å²) in [7, 11) is 0. The molecule has 0 saturated heterocycles. The minimum atomic E-state index is -0.333. The molecular weight excluding hydrogens is 435 g/mol. The number of rotatable bonds is 8. The van der Waals surface area contributed by atoms with E-state index in [1.807, 2.05) is 22.8 Å². The maximum atomic E-state index is 14.5. The van der Waals surface area contributed by atoms with Gasteiger partial charge in [-0.05, 0) is 42.4 Å². The number of carbonyl (C=O) groups is 1. The zero-order valence-electron chi connectivity index (χ0n) is 19.2. The topological polar surface area (TPSA) is 59.8 Å². The van der Waals surface area contributed by atoms with Crippen LogP contribution in [0.25, 0.3) is 11.4 Å². The van der Waals surface area contributed by atoms with Crippen LogP contribution in [0.3, 0.4) is 0 Å². The molecule has 1 saturated carbocycles. The summed E-state index contributed by atoms with van der Waals surface area (Å²) in [6.45, 7) is 5.09. The Morgan fingerprint density at radius 2 is 1.85 bits per heavy atom. The third-order valence-corrected chi connectivity index (χ3v) is 7.65. The van der Waals surface area contributed by atoms with Crippen LogP contribution in [0.4, 0.5) is 4.39 Å². The van der Waals surface area contributed by atoms with Gasteiger partial charge in [0.1, 0.15) is 5.82 Å². The minimum Gasteiger partial charge on any atom is -0.352 e. The number of hydrogen-bond donors (Lipinski definition) is 1. The lowest BCUT2D eigenvalue weighted by molar-refractivity contribution is -0.120. The van der Waals surface area contributed by atoms with Gasteiger partial charge >= 0.3 is 0 Å². The first kappa shape index (κ1) is 23.5. The summed E-state index contributed by atoms with van der Waals surface area (Å²) in [5.41, 5.74) is 1.60. The van der Waals surface area contributed by atoms with E-state index in [0.717, 1.165) is 19.3 Å². The molecule has 1 aliphatic rings. The summed E-state index contributed by atoms with van der Waals surface area (Å²) in [6.07, 6.45) is 4.18. The molecule has 0 unspecified atom stereocenters. The first-order valence-electron chi connectivity index (χ1n) is 11.7. The number of carbonyl (C=O) groups excluding carboxylic acids is 1. The normalized spacial score (nSPS) is 20.5. The molecule has 5 nitrogen and oxygen atoms in total. The van der Waals surface area contributed by atoms with Gasteiger partial charge in [0.15, 0.2) is 11.0 Å². The summed E-state index contributed by atoms with van der Waals surface area (Å²) in [6, 6.07) is 17.0. The van der Waals surface area contributed by atoms with Gasteiger partial charge in [0.2, 0.25) is 5.91 Å². The summed E-state index contributed by atoms with van der Waals surface area (Å²) in [4.78, 5) is 12.7. The Kier molecular flexibility index (Phi) is 7.81. The largest absolute Gasteiger partial charge is 0.352 e. The Labute approximate surface area is 199 Å². The number of thioether (sulfide) groups is 1. The Morgan fingerprint density at radius 1 is 1.09 bits per heavy atom. The predicted octanol–water partition coefficient (Wildman–Crippen LogP) is 5.36. The molecule has 0 spiro atoms. The second-order valence-electron chi connectivity index (χ2n) is 8.90. The molecule has 33 heavy (non-hydrogen) atoms. The lowest BCUT2D eigenvalue weighted by Crippen LogP contribution is -2.44. The average Bonchev–Trinajstić information content (AvgIpc) is 3.23. The van der Waals surface area contributed by atoms with Crippen LogP contribution in [0.5, 0.6) is 0 Å². The van der Waals surface area contributed by atoms with E-state index in [1.165, 1.54) is 29.8 Å². The molecule has 3 aromatic rings. The highest BCUT2D eigenvalue weighted by molar-refractivity contribution is 7.99. The zero-order chi connectivity index (χ0) is 23.2. The van der Waals surface area contributed by atoms with Crippen molar-refractivity contribution in [1.82, 2.24) is 20.1 Å². The number of benzene rings is 2. The van der Waals surface area contributed by atoms with Crippen LogP contribution >= 0.6 is 11.8 Å². The fourth-order valence-corrected chi connectivity index (χ4v) is 5.26. The van der Waals surface area contributed by atoms with Gasteiger partial charge in [-0.1, -0.05) is 80.9 Å². The van der Waals surface area contributed by atoms with Crippen LogP contribution in [0.15, 0.2) is 59.8 Å². The number of nitrogens with one attached hydrogen (secondary N) is 1. The number of aromatic nitrogens is 3. The summed E-state index contributed by atoms with van der Waals surface area (Å²) in [5.74, 6) is 1.53.